The fraction of sp³-hybridized carbons (Fsp3) is 0.412. The third-order valence-electron chi connectivity index (χ3n) is 4.40. The number of nitrogen functional groups attached to an aromatic ring is 1. The van der Waals surface area contributed by atoms with Gasteiger partial charge in [-0.05, 0) is 36.8 Å². The third-order valence-corrected chi connectivity index (χ3v) is 5.42. The van der Waals surface area contributed by atoms with Crippen molar-refractivity contribution in [2.75, 3.05) is 24.1 Å². The van der Waals surface area contributed by atoms with Gasteiger partial charge in [0.1, 0.15) is 5.82 Å². The van der Waals surface area contributed by atoms with Crippen LogP contribution in [0.2, 0.25) is 0 Å². The van der Waals surface area contributed by atoms with Gasteiger partial charge in [0.25, 0.3) is 0 Å². The van der Waals surface area contributed by atoms with Gasteiger partial charge in [-0.3, -0.25) is 9.59 Å². The van der Waals surface area contributed by atoms with Crippen molar-refractivity contribution in [3.05, 3.63) is 33.6 Å². The lowest BCUT2D eigenvalue weighted by molar-refractivity contribution is -0.129. The maximum absolute atomic E-state index is 12.5. The van der Waals surface area contributed by atoms with Crippen LogP contribution in [0.25, 0.3) is 0 Å². The van der Waals surface area contributed by atoms with Crippen LogP contribution in [0.5, 0.6) is 0 Å². The van der Waals surface area contributed by atoms with E-state index in [-0.39, 0.29) is 23.6 Å². The number of nitrogens with two attached hydrogens (primary N) is 1. The number of thiophene rings is 1. The van der Waals surface area contributed by atoms with E-state index in [0.717, 1.165) is 31.5 Å². The number of hydrogen-bond donors (Lipinski definition) is 2. The molecule has 0 unspecified atom stereocenters. The lowest BCUT2D eigenvalue weighted by atomic mass is 10.1. The minimum atomic E-state index is -0.147. The molecule has 7 nitrogen and oxygen atoms in total. The van der Waals surface area contributed by atoms with E-state index in [1.165, 1.54) is 17.5 Å². The Bertz CT molecular complexity index is 796. The molecule has 0 aliphatic carbocycles. The molecule has 0 radical (unpaired) electrons. The molecule has 8 heteroatoms. The first kappa shape index (κ1) is 17.3. The molecule has 0 aromatic carbocycles. The zero-order valence-electron chi connectivity index (χ0n) is 14.3. The number of amides is 1. The van der Waals surface area contributed by atoms with E-state index < -0.39 is 0 Å². The second-order valence-corrected chi connectivity index (χ2v) is 7.10. The van der Waals surface area contributed by atoms with Crippen molar-refractivity contribution in [2.24, 2.45) is 0 Å². The van der Waals surface area contributed by atoms with Gasteiger partial charge in [0.15, 0.2) is 0 Å². The molecule has 3 heterocycles. The van der Waals surface area contributed by atoms with Crippen LogP contribution < -0.4 is 11.1 Å². The van der Waals surface area contributed by atoms with Crippen LogP contribution in [-0.2, 0) is 4.79 Å². The van der Waals surface area contributed by atoms with Crippen LogP contribution in [-0.4, -0.2) is 45.7 Å². The molecule has 3 rings (SSSR count). The topological polar surface area (TPSA) is 101 Å². The predicted octanol–water partition coefficient (Wildman–Crippen LogP) is 2.08. The monoisotopic (exact) mass is 359 g/mol. The number of rotatable bonds is 4. The van der Waals surface area contributed by atoms with E-state index >= 15 is 0 Å². The molecule has 132 valence electrons. The van der Waals surface area contributed by atoms with Gasteiger partial charge in [0, 0.05) is 32.3 Å². The summed E-state index contributed by atoms with van der Waals surface area (Å²) < 4.78 is 0. The van der Waals surface area contributed by atoms with Crippen molar-refractivity contribution >= 4 is 34.8 Å². The lowest BCUT2D eigenvalue weighted by Gasteiger charge is -2.31. The van der Waals surface area contributed by atoms with Crippen LogP contribution >= 0.6 is 11.3 Å². The summed E-state index contributed by atoms with van der Waals surface area (Å²) in [5.74, 6) is 0.548. The number of hydrogen-bond acceptors (Lipinski definition) is 7. The molecule has 3 N–H and O–H groups in total. The summed E-state index contributed by atoms with van der Waals surface area (Å²) in [6, 6.07) is 2.09. The number of nitrogens with one attached hydrogen (secondary N) is 1. The number of piperidine rings is 1. The molecule has 1 aliphatic rings. The van der Waals surface area contributed by atoms with Gasteiger partial charge in [-0.15, -0.1) is 11.3 Å². The Balaban J connectivity index is 1.67. The van der Waals surface area contributed by atoms with Crippen molar-refractivity contribution in [3.63, 3.8) is 0 Å². The van der Waals surface area contributed by atoms with E-state index in [4.69, 9.17) is 5.73 Å². The summed E-state index contributed by atoms with van der Waals surface area (Å²) >= 11 is 1.39. The van der Waals surface area contributed by atoms with Gasteiger partial charge in [-0.1, -0.05) is 0 Å². The Morgan fingerprint density at radius 1 is 1.36 bits per heavy atom. The number of likely N-dealkylation sites (tertiary alicyclic amines) is 1. The molecular formula is C17H21N5O2S. The molecule has 2 aromatic rings. The zero-order chi connectivity index (χ0) is 18.0. The van der Waals surface area contributed by atoms with Crippen LogP contribution in [0.15, 0.2) is 17.6 Å². The van der Waals surface area contributed by atoms with Crippen LogP contribution in [0.3, 0.4) is 0 Å². The molecular weight excluding hydrogens is 338 g/mol. The van der Waals surface area contributed by atoms with Crippen LogP contribution in [0, 0.1) is 6.92 Å². The number of anilines is 2. The largest absolute Gasteiger partial charge is 0.383 e. The van der Waals surface area contributed by atoms with Gasteiger partial charge in [-0.25, -0.2) is 4.98 Å². The van der Waals surface area contributed by atoms with Crippen LogP contribution in [0.4, 0.5) is 11.8 Å². The fourth-order valence-corrected chi connectivity index (χ4v) is 3.77. The highest BCUT2D eigenvalue weighted by Crippen LogP contribution is 2.23. The zero-order valence-corrected chi connectivity index (χ0v) is 15.1. The van der Waals surface area contributed by atoms with E-state index in [1.54, 1.807) is 6.92 Å². The molecule has 0 spiro atoms. The van der Waals surface area contributed by atoms with Crippen LogP contribution in [0.1, 0.15) is 40.6 Å². The summed E-state index contributed by atoms with van der Waals surface area (Å²) in [6.07, 6.45) is 3.15. The first-order valence-corrected chi connectivity index (χ1v) is 9.07. The minimum absolute atomic E-state index is 0.102. The number of aryl methyl sites for hydroxylation is 1. The average molecular weight is 359 g/mol. The standard InChI is InChI=1S/C17H21N5O2S/c1-10-5-8-25-15(10)14(24)13-9-19-17(21-16(13)18)20-12-3-6-22(7-4-12)11(2)23/h5,8-9,12H,3-4,6-7H2,1-2H3,(H3,18,19,20,21). The summed E-state index contributed by atoms with van der Waals surface area (Å²) in [5, 5.41) is 5.12. The molecule has 0 saturated carbocycles. The van der Waals surface area contributed by atoms with E-state index in [1.807, 2.05) is 23.3 Å². The molecule has 1 saturated heterocycles. The lowest BCUT2D eigenvalue weighted by Crippen LogP contribution is -2.41. The SMILES string of the molecule is CC(=O)N1CCC(Nc2ncc(C(=O)c3sccc3C)c(N)n2)CC1. The quantitative estimate of drug-likeness (QED) is 0.811. The Morgan fingerprint density at radius 2 is 2.08 bits per heavy atom. The second kappa shape index (κ2) is 7.18. The smallest absolute Gasteiger partial charge is 0.224 e. The summed E-state index contributed by atoms with van der Waals surface area (Å²) in [4.78, 5) is 34.9. The Hall–Kier alpha value is -2.48. The Labute approximate surface area is 150 Å². The van der Waals surface area contributed by atoms with Gasteiger partial charge in [-0.2, -0.15) is 4.98 Å². The highest BCUT2D eigenvalue weighted by molar-refractivity contribution is 7.12. The maximum Gasteiger partial charge on any atom is 0.224 e. The summed E-state index contributed by atoms with van der Waals surface area (Å²) in [6.45, 7) is 4.92. The van der Waals surface area contributed by atoms with E-state index in [9.17, 15) is 9.59 Å². The van der Waals surface area contributed by atoms with E-state index in [0.29, 0.717) is 16.4 Å². The van der Waals surface area contributed by atoms with Crippen molar-refractivity contribution in [2.45, 2.75) is 32.7 Å². The first-order valence-electron chi connectivity index (χ1n) is 8.19. The normalized spacial score (nSPS) is 15.2. The molecule has 0 atom stereocenters. The van der Waals surface area contributed by atoms with Gasteiger partial charge >= 0.3 is 0 Å². The molecule has 25 heavy (non-hydrogen) atoms. The highest BCUT2D eigenvalue weighted by atomic mass is 32.1. The maximum atomic E-state index is 12.5. The fourth-order valence-electron chi connectivity index (χ4n) is 2.89. The number of carbonyl (C=O) groups is 2. The number of aromatic nitrogens is 2. The van der Waals surface area contributed by atoms with E-state index in [2.05, 4.69) is 15.3 Å². The number of nitrogens with zero attached hydrogens (tertiary/aromatic N) is 3. The van der Waals surface area contributed by atoms with Crippen molar-refractivity contribution < 1.29 is 9.59 Å². The number of carbonyl (C=O) groups excluding carboxylic acids is 2. The molecule has 1 fully saturated rings. The predicted molar refractivity (Wildman–Crippen MR) is 97.8 cm³/mol. The van der Waals surface area contributed by atoms with Crippen molar-refractivity contribution in [1.29, 1.82) is 0 Å². The number of ketones is 1. The Morgan fingerprint density at radius 3 is 2.64 bits per heavy atom. The highest BCUT2D eigenvalue weighted by Gasteiger charge is 2.22. The molecule has 0 bridgehead atoms. The van der Waals surface area contributed by atoms with Crippen molar-refractivity contribution in [1.82, 2.24) is 14.9 Å². The summed E-state index contributed by atoms with van der Waals surface area (Å²) in [7, 11) is 0. The van der Waals surface area contributed by atoms with Gasteiger partial charge in [0.2, 0.25) is 17.6 Å². The van der Waals surface area contributed by atoms with Crippen molar-refractivity contribution in [3.8, 4) is 0 Å². The van der Waals surface area contributed by atoms with Gasteiger partial charge < -0.3 is 16.0 Å². The average Bonchev–Trinajstić information content (AvgIpc) is 3.01. The second-order valence-electron chi connectivity index (χ2n) is 6.18. The molecule has 1 aliphatic heterocycles. The minimum Gasteiger partial charge on any atom is -0.383 e. The third kappa shape index (κ3) is 3.79. The molecule has 2 aromatic heterocycles. The van der Waals surface area contributed by atoms with Gasteiger partial charge in [0.05, 0.1) is 10.4 Å². The summed E-state index contributed by atoms with van der Waals surface area (Å²) in [5.41, 5.74) is 7.23. The Kier molecular flexibility index (Phi) is 4.98. The molecule has 1 amide bonds. The first-order chi connectivity index (χ1) is 12.0.